The van der Waals surface area contributed by atoms with Gasteiger partial charge in [0.15, 0.2) is 0 Å². The monoisotopic (exact) mass is 207 g/mol. The van der Waals surface area contributed by atoms with Crippen molar-refractivity contribution in [2.24, 2.45) is 0 Å². The Kier molecular flexibility index (Phi) is 2.58. The van der Waals surface area contributed by atoms with Crippen molar-refractivity contribution in [1.29, 1.82) is 0 Å². The zero-order valence-electron chi connectivity index (χ0n) is 8.92. The molecule has 1 N–H and O–H groups in total. The van der Waals surface area contributed by atoms with Crippen LogP contribution in [-0.4, -0.2) is 23.1 Å². The van der Waals surface area contributed by atoms with E-state index in [9.17, 15) is 4.39 Å². The molecule has 0 unspecified atom stereocenters. The van der Waals surface area contributed by atoms with Gasteiger partial charge in [0.25, 0.3) is 0 Å². The van der Waals surface area contributed by atoms with Crippen LogP contribution in [-0.2, 0) is 0 Å². The molecule has 0 bridgehead atoms. The fourth-order valence-corrected chi connectivity index (χ4v) is 1.64. The molecular formula is C11H14FN3. The van der Waals surface area contributed by atoms with Crippen LogP contribution in [0.2, 0.25) is 0 Å². The summed E-state index contributed by atoms with van der Waals surface area (Å²) in [6.45, 7) is 5.91. The molecule has 0 saturated heterocycles. The van der Waals surface area contributed by atoms with Gasteiger partial charge >= 0.3 is 0 Å². The number of halogens is 1. The molecule has 2 rings (SSSR count). The van der Waals surface area contributed by atoms with E-state index in [2.05, 4.69) is 28.7 Å². The Labute approximate surface area is 87.9 Å². The highest BCUT2D eigenvalue weighted by molar-refractivity contribution is 5.77. The second kappa shape index (κ2) is 3.88. The lowest BCUT2D eigenvalue weighted by Gasteiger charge is -2.16. The predicted octanol–water partition coefficient (Wildman–Crippen LogP) is 2.55. The van der Waals surface area contributed by atoms with Crippen molar-refractivity contribution in [2.75, 3.05) is 18.0 Å². The second-order valence-electron chi connectivity index (χ2n) is 3.39. The maximum atomic E-state index is 12.9. The summed E-state index contributed by atoms with van der Waals surface area (Å²) in [6.07, 6.45) is 0. The lowest BCUT2D eigenvalue weighted by molar-refractivity contribution is 0.629. The summed E-state index contributed by atoms with van der Waals surface area (Å²) in [5.74, 6) is 0.567. The van der Waals surface area contributed by atoms with Gasteiger partial charge in [-0.15, -0.1) is 0 Å². The van der Waals surface area contributed by atoms with E-state index in [1.54, 1.807) is 6.07 Å². The molecule has 0 aliphatic carbocycles. The lowest BCUT2D eigenvalue weighted by Crippen LogP contribution is -2.22. The van der Waals surface area contributed by atoms with Crippen molar-refractivity contribution in [2.45, 2.75) is 13.8 Å². The van der Waals surface area contributed by atoms with E-state index >= 15 is 0 Å². The molecule has 2 aromatic rings. The number of anilines is 1. The van der Waals surface area contributed by atoms with E-state index in [1.165, 1.54) is 12.1 Å². The van der Waals surface area contributed by atoms with Crippen molar-refractivity contribution in [1.82, 2.24) is 9.97 Å². The summed E-state index contributed by atoms with van der Waals surface area (Å²) in [4.78, 5) is 9.61. The number of hydrogen-bond acceptors (Lipinski definition) is 2. The molecular weight excluding hydrogens is 193 g/mol. The van der Waals surface area contributed by atoms with Crippen molar-refractivity contribution in [3.05, 3.63) is 24.0 Å². The van der Waals surface area contributed by atoms with Crippen LogP contribution in [0.5, 0.6) is 0 Å². The highest BCUT2D eigenvalue weighted by Crippen LogP contribution is 2.17. The first-order chi connectivity index (χ1) is 7.24. The summed E-state index contributed by atoms with van der Waals surface area (Å²) in [5, 5.41) is 0. The predicted molar refractivity (Wildman–Crippen MR) is 59.6 cm³/mol. The summed E-state index contributed by atoms with van der Waals surface area (Å²) >= 11 is 0. The maximum absolute atomic E-state index is 12.9. The van der Waals surface area contributed by atoms with E-state index in [0.717, 1.165) is 30.1 Å². The molecule has 1 aromatic heterocycles. The van der Waals surface area contributed by atoms with Crippen LogP contribution in [0.1, 0.15) is 13.8 Å². The largest absolute Gasteiger partial charge is 0.343 e. The summed E-state index contributed by atoms with van der Waals surface area (Å²) in [7, 11) is 0. The van der Waals surface area contributed by atoms with Crippen molar-refractivity contribution >= 4 is 17.0 Å². The highest BCUT2D eigenvalue weighted by Gasteiger charge is 2.07. The number of aromatic nitrogens is 2. The number of fused-ring (bicyclic) bond motifs is 1. The van der Waals surface area contributed by atoms with Crippen LogP contribution >= 0.6 is 0 Å². The van der Waals surface area contributed by atoms with Gasteiger partial charge in [0, 0.05) is 13.1 Å². The zero-order chi connectivity index (χ0) is 10.8. The Morgan fingerprint density at radius 3 is 2.73 bits per heavy atom. The fourth-order valence-electron chi connectivity index (χ4n) is 1.64. The van der Waals surface area contributed by atoms with Crippen molar-refractivity contribution in [3.8, 4) is 0 Å². The van der Waals surface area contributed by atoms with Crippen LogP contribution in [0.4, 0.5) is 10.3 Å². The van der Waals surface area contributed by atoms with Gasteiger partial charge in [0.2, 0.25) is 5.95 Å². The fraction of sp³-hybridized carbons (Fsp3) is 0.364. The third kappa shape index (κ3) is 1.79. The maximum Gasteiger partial charge on any atom is 0.203 e. The molecule has 3 nitrogen and oxygen atoms in total. The molecule has 80 valence electrons. The Balaban J connectivity index is 2.46. The van der Waals surface area contributed by atoms with Gasteiger partial charge in [0.1, 0.15) is 5.82 Å². The highest BCUT2D eigenvalue weighted by atomic mass is 19.1. The van der Waals surface area contributed by atoms with E-state index < -0.39 is 0 Å². The van der Waals surface area contributed by atoms with Crippen molar-refractivity contribution in [3.63, 3.8) is 0 Å². The molecule has 0 saturated carbocycles. The summed E-state index contributed by atoms with van der Waals surface area (Å²) in [5.41, 5.74) is 1.55. The number of rotatable bonds is 3. The average Bonchev–Trinajstić information content (AvgIpc) is 2.62. The number of aromatic amines is 1. The Bertz CT molecular complexity index is 460. The van der Waals surface area contributed by atoms with Gasteiger partial charge in [-0.1, -0.05) is 0 Å². The first-order valence-corrected chi connectivity index (χ1v) is 5.14. The standard InChI is InChI=1S/C11H14FN3/c1-3-15(4-2)11-13-9-6-5-8(12)7-10(9)14-11/h5-7H,3-4H2,1-2H3,(H,13,14). The van der Waals surface area contributed by atoms with Crippen molar-refractivity contribution < 1.29 is 4.39 Å². The van der Waals surface area contributed by atoms with Gasteiger partial charge in [-0.25, -0.2) is 9.37 Å². The molecule has 0 fully saturated rings. The molecule has 15 heavy (non-hydrogen) atoms. The average molecular weight is 207 g/mol. The molecule has 0 amide bonds. The minimum atomic E-state index is -0.239. The van der Waals surface area contributed by atoms with Gasteiger partial charge in [0.05, 0.1) is 11.0 Å². The van der Waals surface area contributed by atoms with Gasteiger partial charge < -0.3 is 9.88 Å². The van der Waals surface area contributed by atoms with Crippen LogP contribution in [0.3, 0.4) is 0 Å². The first-order valence-electron chi connectivity index (χ1n) is 5.14. The Morgan fingerprint density at radius 1 is 1.33 bits per heavy atom. The third-order valence-electron chi connectivity index (χ3n) is 2.49. The topological polar surface area (TPSA) is 31.9 Å². The number of hydrogen-bond donors (Lipinski definition) is 1. The summed E-state index contributed by atoms with van der Waals surface area (Å²) < 4.78 is 12.9. The number of nitrogens with one attached hydrogen (secondary N) is 1. The molecule has 1 aromatic carbocycles. The van der Waals surface area contributed by atoms with E-state index in [4.69, 9.17) is 0 Å². The Hall–Kier alpha value is -1.58. The summed E-state index contributed by atoms with van der Waals surface area (Å²) in [6, 6.07) is 4.58. The lowest BCUT2D eigenvalue weighted by atomic mass is 10.3. The number of nitrogens with zero attached hydrogens (tertiary/aromatic N) is 2. The second-order valence-corrected chi connectivity index (χ2v) is 3.39. The smallest absolute Gasteiger partial charge is 0.203 e. The minimum Gasteiger partial charge on any atom is -0.343 e. The molecule has 0 aliphatic rings. The zero-order valence-corrected chi connectivity index (χ0v) is 8.92. The van der Waals surface area contributed by atoms with E-state index in [1.807, 2.05) is 0 Å². The molecule has 4 heteroatoms. The van der Waals surface area contributed by atoms with Gasteiger partial charge in [-0.2, -0.15) is 0 Å². The van der Waals surface area contributed by atoms with Gasteiger partial charge in [-0.3, -0.25) is 0 Å². The third-order valence-corrected chi connectivity index (χ3v) is 2.49. The number of benzene rings is 1. The SMILES string of the molecule is CCN(CC)c1nc2ccc(F)cc2[nH]1. The van der Waals surface area contributed by atoms with Crippen LogP contribution in [0.15, 0.2) is 18.2 Å². The number of imidazole rings is 1. The Morgan fingerprint density at radius 2 is 2.07 bits per heavy atom. The van der Waals surface area contributed by atoms with E-state index in [-0.39, 0.29) is 5.82 Å². The molecule has 0 aliphatic heterocycles. The van der Waals surface area contributed by atoms with E-state index in [0.29, 0.717) is 0 Å². The molecule has 0 spiro atoms. The quantitative estimate of drug-likeness (QED) is 0.838. The normalized spacial score (nSPS) is 10.9. The molecule has 1 heterocycles. The molecule has 0 radical (unpaired) electrons. The number of H-pyrrole nitrogens is 1. The first kappa shape index (κ1) is 9.96. The van der Waals surface area contributed by atoms with Gasteiger partial charge in [-0.05, 0) is 32.0 Å². The minimum absolute atomic E-state index is 0.239. The van der Waals surface area contributed by atoms with Crippen LogP contribution in [0.25, 0.3) is 11.0 Å². The molecule has 0 atom stereocenters. The van der Waals surface area contributed by atoms with Crippen LogP contribution in [0, 0.1) is 5.82 Å². The van der Waals surface area contributed by atoms with Crippen LogP contribution < -0.4 is 4.90 Å².